The quantitative estimate of drug-likeness (QED) is 0.469. The summed E-state index contributed by atoms with van der Waals surface area (Å²) in [6.07, 6.45) is 2.27. The highest BCUT2D eigenvalue weighted by Gasteiger charge is 1.93. The molecule has 2 heteroatoms. The van der Waals surface area contributed by atoms with Crippen LogP contribution in [0.3, 0.4) is 0 Å². The van der Waals surface area contributed by atoms with Gasteiger partial charge < -0.3 is 0 Å². The van der Waals surface area contributed by atoms with Gasteiger partial charge in [0, 0.05) is 0 Å². The zero-order valence-electron chi connectivity index (χ0n) is 5.08. The van der Waals surface area contributed by atoms with Gasteiger partial charge in [-0.3, -0.25) is 0 Å². The van der Waals surface area contributed by atoms with E-state index >= 15 is 0 Å². The Morgan fingerprint density at radius 3 is 2.43 bits per heavy atom. The van der Waals surface area contributed by atoms with E-state index in [1.807, 2.05) is 0 Å². The van der Waals surface area contributed by atoms with Gasteiger partial charge >= 0.3 is 0 Å². The second kappa shape index (κ2) is 4.16. The molecular weight excluding hydrogens is 89.9 g/mol. The third kappa shape index (κ3) is 5.99. The van der Waals surface area contributed by atoms with Crippen LogP contribution < -0.4 is 0 Å². The van der Waals surface area contributed by atoms with Crippen molar-refractivity contribution in [2.75, 3.05) is 0 Å². The Balaban J connectivity index is 2.68. The zero-order chi connectivity index (χ0) is 5.70. The van der Waals surface area contributed by atoms with Crippen molar-refractivity contribution in [1.29, 1.82) is 0 Å². The van der Waals surface area contributed by atoms with Crippen LogP contribution in [-0.2, 0) is 0 Å². The van der Waals surface area contributed by atoms with Gasteiger partial charge in [-0.15, -0.1) is 0 Å². The number of hydrogen-bond acceptors (Lipinski definition) is 0. The van der Waals surface area contributed by atoms with E-state index in [9.17, 15) is 4.39 Å². The van der Waals surface area contributed by atoms with Crippen molar-refractivity contribution in [1.82, 2.24) is 0 Å². The number of hydrogen-bond donors (Lipinski definition) is 0. The molecule has 0 aromatic rings. The summed E-state index contributed by atoms with van der Waals surface area (Å²) in [5.41, 5.74) is 0. The van der Waals surface area contributed by atoms with Crippen molar-refractivity contribution in [2.45, 2.75) is 32.3 Å². The fourth-order valence-corrected chi connectivity index (χ4v) is 0.485. The topological polar surface area (TPSA) is 0 Å². The maximum absolute atomic E-state index is 11.9. The average Bonchev–Trinajstić information content (AvgIpc) is 1.61. The minimum Gasteiger partial charge on any atom is -0.248 e. The van der Waals surface area contributed by atoms with E-state index in [1.54, 1.807) is 6.92 Å². The Kier molecular flexibility index (Phi) is 4.16. The third-order valence-corrected chi connectivity index (χ3v) is 0.955. The standard InChI is InChI=1S/C5H12BF/c1-5(7)3-2-4-6/h5H,2-4,6H2,1H3. The second-order valence-corrected chi connectivity index (χ2v) is 1.92. The smallest absolute Gasteiger partial charge is 0.101 e. The first-order valence-corrected chi connectivity index (χ1v) is 2.91. The van der Waals surface area contributed by atoms with E-state index in [2.05, 4.69) is 7.85 Å². The molecule has 0 aromatic heterocycles. The second-order valence-electron chi connectivity index (χ2n) is 1.92. The predicted octanol–water partition coefficient (Wildman–Crippen LogP) is 1.18. The van der Waals surface area contributed by atoms with Crippen molar-refractivity contribution in [3.05, 3.63) is 0 Å². The van der Waals surface area contributed by atoms with Crippen LogP contribution in [0.15, 0.2) is 0 Å². The Bertz CT molecular complexity index is 37.1. The Morgan fingerprint density at radius 1 is 1.71 bits per heavy atom. The largest absolute Gasteiger partial charge is 0.248 e. The molecule has 0 aliphatic rings. The SMILES string of the molecule is BCCCC(C)F. The van der Waals surface area contributed by atoms with E-state index in [-0.39, 0.29) is 0 Å². The summed E-state index contributed by atoms with van der Waals surface area (Å²) in [7, 11) is 2.07. The van der Waals surface area contributed by atoms with Gasteiger partial charge in [0.2, 0.25) is 0 Å². The first kappa shape index (κ1) is 6.99. The molecule has 0 aliphatic carbocycles. The van der Waals surface area contributed by atoms with E-state index in [0.29, 0.717) is 0 Å². The van der Waals surface area contributed by atoms with Gasteiger partial charge in [0.1, 0.15) is 7.85 Å². The molecule has 0 aliphatic heterocycles. The van der Waals surface area contributed by atoms with E-state index < -0.39 is 6.17 Å². The molecule has 0 nitrogen and oxygen atoms in total. The van der Waals surface area contributed by atoms with Crippen molar-refractivity contribution < 1.29 is 4.39 Å². The van der Waals surface area contributed by atoms with Crippen molar-refractivity contribution in [3.63, 3.8) is 0 Å². The summed E-state index contributed by atoms with van der Waals surface area (Å²) in [5.74, 6) is 0. The highest BCUT2D eigenvalue weighted by molar-refractivity contribution is 6.08. The number of halogens is 1. The van der Waals surface area contributed by atoms with Gasteiger partial charge in [0.15, 0.2) is 0 Å². The summed E-state index contributed by atoms with van der Waals surface area (Å²) in [4.78, 5) is 0. The van der Waals surface area contributed by atoms with E-state index in [4.69, 9.17) is 0 Å². The fraction of sp³-hybridized carbons (Fsp3) is 1.00. The van der Waals surface area contributed by atoms with Gasteiger partial charge in [-0.1, -0.05) is 12.7 Å². The summed E-state index contributed by atoms with van der Waals surface area (Å²) in [5, 5.41) is 0. The molecule has 0 saturated carbocycles. The van der Waals surface area contributed by atoms with Crippen LogP contribution in [-0.4, -0.2) is 14.0 Å². The van der Waals surface area contributed by atoms with Gasteiger partial charge in [-0.25, -0.2) is 4.39 Å². The molecular formula is C5H12BF. The van der Waals surface area contributed by atoms with Crippen LogP contribution in [0.2, 0.25) is 6.32 Å². The molecule has 0 aromatic carbocycles. The molecule has 1 unspecified atom stereocenters. The van der Waals surface area contributed by atoms with Crippen LogP contribution >= 0.6 is 0 Å². The normalized spacial score (nSPS) is 14.0. The van der Waals surface area contributed by atoms with Crippen molar-refractivity contribution >= 4 is 7.85 Å². The van der Waals surface area contributed by atoms with Crippen LogP contribution in [0.25, 0.3) is 0 Å². The van der Waals surface area contributed by atoms with Gasteiger partial charge in [-0.05, 0) is 13.3 Å². The summed E-state index contributed by atoms with van der Waals surface area (Å²) in [6, 6.07) is 0. The van der Waals surface area contributed by atoms with Gasteiger partial charge in [-0.2, -0.15) is 0 Å². The van der Waals surface area contributed by atoms with Gasteiger partial charge in [0.25, 0.3) is 0 Å². The van der Waals surface area contributed by atoms with Crippen molar-refractivity contribution in [2.24, 2.45) is 0 Å². The third-order valence-electron chi connectivity index (χ3n) is 0.955. The van der Waals surface area contributed by atoms with E-state index in [0.717, 1.165) is 19.2 Å². The number of rotatable bonds is 3. The van der Waals surface area contributed by atoms with E-state index in [1.165, 1.54) is 0 Å². The minimum atomic E-state index is -0.597. The molecule has 42 valence electrons. The number of alkyl halides is 1. The van der Waals surface area contributed by atoms with Crippen molar-refractivity contribution in [3.8, 4) is 0 Å². The molecule has 0 N–H and O–H groups in total. The molecule has 0 heterocycles. The minimum absolute atomic E-state index is 0.597. The van der Waals surface area contributed by atoms with Gasteiger partial charge in [0.05, 0.1) is 6.17 Å². The van der Waals surface area contributed by atoms with Crippen LogP contribution in [0.5, 0.6) is 0 Å². The molecule has 0 fully saturated rings. The lowest BCUT2D eigenvalue weighted by Gasteiger charge is -1.95. The highest BCUT2D eigenvalue weighted by atomic mass is 19.1. The predicted molar refractivity (Wildman–Crippen MR) is 33.2 cm³/mol. The molecule has 7 heavy (non-hydrogen) atoms. The van der Waals surface area contributed by atoms with Crippen LogP contribution in [0, 0.1) is 0 Å². The molecule has 0 spiro atoms. The molecule has 0 rings (SSSR count). The molecule has 0 bridgehead atoms. The monoisotopic (exact) mass is 102 g/mol. The molecule has 0 radical (unpaired) electrons. The van der Waals surface area contributed by atoms with Crippen LogP contribution in [0.4, 0.5) is 4.39 Å². The lowest BCUT2D eigenvalue weighted by Crippen LogP contribution is -1.90. The first-order chi connectivity index (χ1) is 3.27. The molecule has 1 atom stereocenters. The first-order valence-electron chi connectivity index (χ1n) is 2.91. The maximum Gasteiger partial charge on any atom is 0.101 e. The Morgan fingerprint density at radius 2 is 2.29 bits per heavy atom. The highest BCUT2D eigenvalue weighted by Crippen LogP contribution is 2.00. The van der Waals surface area contributed by atoms with Crippen LogP contribution in [0.1, 0.15) is 19.8 Å². The maximum atomic E-state index is 11.9. The Hall–Kier alpha value is -0.00506. The fourth-order valence-electron chi connectivity index (χ4n) is 0.485. The summed E-state index contributed by atoms with van der Waals surface area (Å²) >= 11 is 0. The average molecular weight is 102 g/mol. The lowest BCUT2D eigenvalue weighted by molar-refractivity contribution is 0.339. The lowest BCUT2D eigenvalue weighted by atomic mass is 9.99. The summed E-state index contributed by atoms with van der Waals surface area (Å²) in [6.45, 7) is 1.61. The summed E-state index contributed by atoms with van der Waals surface area (Å²) < 4.78 is 11.9. The molecule has 0 amide bonds. The Labute approximate surface area is 45.5 Å². The zero-order valence-corrected chi connectivity index (χ0v) is 5.08. The molecule has 0 saturated heterocycles.